The zero-order chi connectivity index (χ0) is 18.1. The first-order chi connectivity index (χ1) is 11.4. The predicted octanol–water partition coefficient (Wildman–Crippen LogP) is 1.12. The number of carbonyl (C=O) groups is 1. The second-order valence-electron chi connectivity index (χ2n) is 6.42. The Morgan fingerprint density at radius 1 is 1.08 bits per heavy atom. The fraction of sp³-hybridized carbons (Fsp3) is 0.941. The van der Waals surface area contributed by atoms with E-state index in [9.17, 15) is 20.1 Å². The van der Waals surface area contributed by atoms with Crippen LogP contribution in [0, 0.1) is 0 Å². The molecule has 142 valence electrons. The zero-order valence-corrected chi connectivity index (χ0v) is 14.9. The van der Waals surface area contributed by atoms with E-state index in [-0.39, 0.29) is 6.42 Å². The van der Waals surface area contributed by atoms with Gasteiger partial charge in [-0.1, -0.05) is 39.0 Å². The van der Waals surface area contributed by atoms with Gasteiger partial charge in [0.25, 0.3) is 0 Å². The fourth-order valence-electron chi connectivity index (χ4n) is 2.78. The van der Waals surface area contributed by atoms with Gasteiger partial charge in [0.15, 0.2) is 6.29 Å². The Labute approximate surface area is 143 Å². The molecule has 0 amide bonds. The SMILES string of the molecule is CCCCCCCC(CC(=O)OC)O[C@@H]1O[C@@H](C)[C@H](O)[C@@H](O)[C@H]1O. The molecule has 7 nitrogen and oxygen atoms in total. The first kappa shape index (κ1) is 21.3. The van der Waals surface area contributed by atoms with Crippen LogP contribution in [0.15, 0.2) is 0 Å². The number of unbranched alkanes of at least 4 members (excludes halogenated alkanes) is 4. The first-order valence-corrected chi connectivity index (χ1v) is 8.82. The van der Waals surface area contributed by atoms with Crippen molar-refractivity contribution < 1.29 is 34.3 Å². The number of ether oxygens (including phenoxy) is 3. The summed E-state index contributed by atoms with van der Waals surface area (Å²) >= 11 is 0. The summed E-state index contributed by atoms with van der Waals surface area (Å²) in [6.45, 7) is 3.74. The van der Waals surface area contributed by atoms with E-state index in [1.165, 1.54) is 13.5 Å². The van der Waals surface area contributed by atoms with Crippen LogP contribution in [0.4, 0.5) is 0 Å². The molecular weight excluding hydrogens is 316 g/mol. The number of hydrogen-bond acceptors (Lipinski definition) is 7. The van der Waals surface area contributed by atoms with Crippen LogP contribution >= 0.6 is 0 Å². The van der Waals surface area contributed by atoms with Crippen molar-refractivity contribution in [3.05, 3.63) is 0 Å². The van der Waals surface area contributed by atoms with Gasteiger partial charge in [0, 0.05) is 0 Å². The molecule has 0 aromatic heterocycles. The molecule has 1 rings (SSSR count). The predicted molar refractivity (Wildman–Crippen MR) is 87.2 cm³/mol. The molecule has 1 aliphatic heterocycles. The summed E-state index contributed by atoms with van der Waals surface area (Å²) in [7, 11) is 1.31. The number of carbonyl (C=O) groups excluding carboxylic acids is 1. The summed E-state index contributed by atoms with van der Waals surface area (Å²) in [5.41, 5.74) is 0. The molecule has 0 aromatic rings. The normalized spacial score (nSPS) is 31.7. The summed E-state index contributed by atoms with van der Waals surface area (Å²) in [5, 5.41) is 29.6. The average molecular weight is 348 g/mol. The molecule has 1 heterocycles. The van der Waals surface area contributed by atoms with Crippen molar-refractivity contribution in [1.29, 1.82) is 0 Å². The Hall–Kier alpha value is -0.730. The number of esters is 1. The van der Waals surface area contributed by atoms with E-state index in [0.717, 1.165) is 25.7 Å². The summed E-state index contributed by atoms with van der Waals surface area (Å²) in [6.07, 6.45) is -0.00271. The number of methoxy groups -OCH3 is 1. The number of hydrogen-bond donors (Lipinski definition) is 3. The first-order valence-electron chi connectivity index (χ1n) is 8.82. The molecule has 1 saturated heterocycles. The average Bonchev–Trinajstić information content (AvgIpc) is 2.57. The van der Waals surface area contributed by atoms with Gasteiger partial charge >= 0.3 is 5.97 Å². The van der Waals surface area contributed by atoms with Gasteiger partial charge in [-0.3, -0.25) is 4.79 Å². The van der Waals surface area contributed by atoms with Gasteiger partial charge in [-0.25, -0.2) is 0 Å². The standard InChI is InChI=1S/C17H32O7/c1-4-5-6-7-8-9-12(10-13(18)22-3)24-17-16(21)15(20)14(19)11(2)23-17/h11-12,14-17,19-21H,4-10H2,1-3H3/t11-,12?,14-,15+,16+,17-/m0/s1. The maximum Gasteiger partial charge on any atom is 0.308 e. The Balaban J connectivity index is 2.57. The van der Waals surface area contributed by atoms with Crippen LogP contribution in [0.1, 0.15) is 58.8 Å². The second kappa shape index (κ2) is 11.0. The van der Waals surface area contributed by atoms with Gasteiger partial charge in [-0.15, -0.1) is 0 Å². The molecule has 0 spiro atoms. The van der Waals surface area contributed by atoms with Gasteiger partial charge in [0.2, 0.25) is 0 Å². The highest BCUT2D eigenvalue weighted by Crippen LogP contribution is 2.25. The van der Waals surface area contributed by atoms with E-state index in [1.807, 2.05) is 0 Å². The van der Waals surface area contributed by atoms with E-state index in [2.05, 4.69) is 11.7 Å². The quantitative estimate of drug-likeness (QED) is 0.401. The summed E-state index contributed by atoms with van der Waals surface area (Å²) in [6, 6.07) is 0. The van der Waals surface area contributed by atoms with E-state index in [4.69, 9.17) is 9.47 Å². The third-order valence-electron chi connectivity index (χ3n) is 4.39. The minimum Gasteiger partial charge on any atom is -0.469 e. The van der Waals surface area contributed by atoms with E-state index < -0.39 is 42.8 Å². The molecule has 1 fully saturated rings. The fourth-order valence-corrected chi connectivity index (χ4v) is 2.78. The third-order valence-corrected chi connectivity index (χ3v) is 4.39. The molecule has 0 bridgehead atoms. The molecule has 24 heavy (non-hydrogen) atoms. The highest BCUT2D eigenvalue weighted by molar-refractivity contribution is 5.69. The van der Waals surface area contributed by atoms with Crippen LogP contribution in [0.3, 0.4) is 0 Å². The molecule has 0 aliphatic carbocycles. The maximum absolute atomic E-state index is 11.6. The van der Waals surface area contributed by atoms with Gasteiger partial charge in [0.05, 0.1) is 25.7 Å². The molecule has 7 heteroatoms. The van der Waals surface area contributed by atoms with E-state index >= 15 is 0 Å². The lowest BCUT2D eigenvalue weighted by Gasteiger charge is -2.40. The van der Waals surface area contributed by atoms with Crippen molar-refractivity contribution in [3.8, 4) is 0 Å². The van der Waals surface area contributed by atoms with Crippen molar-refractivity contribution in [1.82, 2.24) is 0 Å². The van der Waals surface area contributed by atoms with Crippen LogP contribution in [0.5, 0.6) is 0 Å². The third kappa shape index (κ3) is 6.64. The van der Waals surface area contributed by atoms with E-state index in [1.54, 1.807) is 6.92 Å². The van der Waals surface area contributed by atoms with Crippen LogP contribution in [-0.2, 0) is 19.0 Å². The maximum atomic E-state index is 11.6. The highest BCUT2D eigenvalue weighted by atomic mass is 16.7. The topological polar surface area (TPSA) is 105 Å². The molecule has 0 aromatic carbocycles. The molecule has 6 atom stereocenters. The van der Waals surface area contributed by atoms with Crippen molar-refractivity contribution in [2.24, 2.45) is 0 Å². The van der Waals surface area contributed by atoms with Crippen LogP contribution in [0.25, 0.3) is 0 Å². The lowest BCUT2D eigenvalue weighted by atomic mass is 9.99. The van der Waals surface area contributed by atoms with E-state index in [0.29, 0.717) is 6.42 Å². The lowest BCUT2D eigenvalue weighted by Crippen LogP contribution is -2.58. The monoisotopic (exact) mass is 348 g/mol. The van der Waals surface area contributed by atoms with Gasteiger partial charge in [-0.2, -0.15) is 0 Å². The number of aliphatic hydroxyl groups excluding tert-OH is 3. The lowest BCUT2D eigenvalue weighted by molar-refractivity contribution is -0.304. The molecule has 3 N–H and O–H groups in total. The van der Waals surface area contributed by atoms with Crippen LogP contribution in [-0.4, -0.2) is 65.2 Å². The zero-order valence-electron chi connectivity index (χ0n) is 14.9. The molecular formula is C17H32O7. The molecule has 0 saturated carbocycles. The smallest absolute Gasteiger partial charge is 0.308 e. The second-order valence-corrected chi connectivity index (χ2v) is 6.42. The van der Waals surface area contributed by atoms with Gasteiger partial charge < -0.3 is 29.5 Å². The Morgan fingerprint density at radius 2 is 1.75 bits per heavy atom. The van der Waals surface area contributed by atoms with Crippen molar-refractivity contribution in [3.63, 3.8) is 0 Å². The largest absolute Gasteiger partial charge is 0.469 e. The Kier molecular flexibility index (Phi) is 9.76. The molecule has 1 aliphatic rings. The minimum atomic E-state index is -1.36. The van der Waals surface area contributed by atoms with Crippen LogP contribution in [0.2, 0.25) is 0 Å². The van der Waals surface area contributed by atoms with Gasteiger partial charge in [0.1, 0.15) is 18.3 Å². The summed E-state index contributed by atoms with van der Waals surface area (Å²) in [4.78, 5) is 11.6. The Morgan fingerprint density at radius 3 is 2.38 bits per heavy atom. The summed E-state index contributed by atoms with van der Waals surface area (Å²) in [5.74, 6) is -0.396. The van der Waals surface area contributed by atoms with Gasteiger partial charge in [-0.05, 0) is 13.3 Å². The Bertz CT molecular complexity index is 363. The van der Waals surface area contributed by atoms with Crippen molar-refractivity contribution >= 4 is 5.97 Å². The number of rotatable bonds is 10. The molecule has 1 unspecified atom stereocenters. The number of aliphatic hydroxyl groups is 3. The minimum absolute atomic E-state index is 0.0594. The van der Waals surface area contributed by atoms with Crippen molar-refractivity contribution in [2.45, 2.75) is 95.6 Å². The molecule has 0 radical (unpaired) electrons. The highest BCUT2D eigenvalue weighted by Gasteiger charge is 2.43. The summed E-state index contributed by atoms with van der Waals surface area (Å²) < 4.78 is 15.9. The van der Waals surface area contributed by atoms with Crippen molar-refractivity contribution in [2.75, 3.05) is 7.11 Å². The van der Waals surface area contributed by atoms with Crippen LogP contribution < -0.4 is 0 Å².